The van der Waals surface area contributed by atoms with E-state index in [1.165, 1.54) is 0 Å². The standard InChI is InChI=1S/C12H16O4/c1-3-11(12(14)15)16-10-6-4-9(5-7-10)8(2)13/h4-8,11,13H,3H2,1-2H3,(H,14,15)/t8-,11?/m0/s1. The molecule has 0 radical (unpaired) electrons. The normalized spacial score (nSPS) is 14.2. The third kappa shape index (κ3) is 3.24. The molecular weight excluding hydrogens is 208 g/mol. The van der Waals surface area contributed by atoms with Gasteiger partial charge in [-0.15, -0.1) is 0 Å². The second kappa shape index (κ2) is 5.51. The fraction of sp³-hybridized carbons (Fsp3) is 0.417. The van der Waals surface area contributed by atoms with Crippen LogP contribution in [0.5, 0.6) is 5.75 Å². The maximum absolute atomic E-state index is 10.7. The first-order valence-electron chi connectivity index (χ1n) is 5.22. The molecule has 0 heterocycles. The lowest BCUT2D eigenvalue weighted by Crippen LogP contribution is -2.25. The molecule has 0 aromatic heterocycles. The van der Waals surface area contributed by atoms with Gasteiger partial charge in [-0.05, 0) is 31.0 Å². The molecule has 0 aliphatic rings. The number of aliphatic carboxylic acids is 1. The summed E-state index contributed by atoms with van der Waals surface area (Å²) >= 11 is 0. The SMILES string of the molecule is CCC(Oc1ccc([C@H](C)O)cc1)C(=O)O. The van der Waals surface area contributed by atoms with E-state index in [1.807, 2.05) is 0 Å². The highest BCUT2D eigenvalue weighted by atomic mass is 16.5. The second-order valence-corrected chi connectivity index (χ2v) is 3.60. The molecule has 2 N–H and O–H groups in total. The van der Waals surface area contributed by atoms with Crippen molar-refractivity contribution in [3.63, 3.8) is 0 Å². The number of aliphatic hydroxyl groups excluding tert-OH is 1. The lowest BCUT2D eigenvalue weighted by atomic mass is 10.1. The van der Waals surface area contributed by atoms with Gasteiger partial charge in [0, 0.05) is 0 Å². The van der Waals surface area contributed by atoms with Crippen molar-refractivity contribution in [1.82, 2.24) is 0 Å². The molecule has 1 aromatic carbocycles. The number of hydrogen-bond acceptors (Lipinski definition) is 3. The molecule has 4 heteroatoms. The van der Waals surface area contributed by atoms with Crippen LogP contribution in [0, 0.1) is 0 Å². The maximum atomic E-state index is 10.7. The van der Waals surface area contributed by atoms with Gasteiger partial charge in [-0.1, -0.05) is 19.1 Å². The molecular formula is C12H16O4. The Hall–Kier alpha value is -1.55. The highest BCUT2D eigenvalue weighted by molar-refractivity contribution is 5.72. The van der Waals surface area contributed by atoms with E-state index < -0.39 is 18.2 Å². The van der Waals surface area contributed by atoms with E-state index in [4.69, 9.17) is 9.84 Å². The van der Waals surface area contributed by atoms with Crippen LogP contribution in [-0.4, -0.2) is 22.3 Å². The number of ether oxygens (including phenoxy) is 1. The fourth-order valence-corrected chi connectivity index (χ4v) is 1.30. The highest BCUT2D eigenvalue weighted by Gasteiger charge is 2.16. The summed E-state index contributed by atoms with van der Waals surface area (Å²) in [7, 11) is 0. The van der Waals surface area contributed by atoms with Gasteiger partial charge in [0.25, 0.3) is 0 Å². The van der Waals surface area contributed by atoms with Gasteiger partial charge < -0.3 is 14.9 Å². The quantitative estimate of drug-likeness (QED) is 0.802. The Morgan fingerprint density at radius 1 is 1.38 bits per heavy atom. The topological polar surface area (TPSA) is 66.8 Å². The second-order valence-electron chi connectivity index (χ2n) is 3.60. The maximum Gasteiger partial charge on any atom is 0.344 e. The predicted molar refractivity (Wildman–Crippen MR) is 59.4 cm³/mol. The van der Waals surface area contributed by atoms with Gasteiger partial charge in [0.15, 0.2) is 6.10 Å². The van der Waals surface area contributed by atoms with Crippen LogP contribution in [0.1, 0.15) is 31.9 Å². The van der Waals surface area contributed by atoms with E-state index in [9.17, 15) is 9.90 Å². The average Bonchev–Trinajstić information content (AvgIpc) is 2.26. The molecule has 1 unspecified atom stereocenters. The van der Waals surface area contributed by atoms with Gasteiger partial charge in [-0.25, -0.2) is 4.79 Å². The zero-order valence-corrected chi connectivity index (χ0v) is 9.38. The Labute approximate surface area is 94.5 Å². The van der Waals surface area contributed by atoms with Crippen LogP contribution in [0.4, 0.5) is 0 Å². The van der Waals surface area contributed by atoms with Crippen molar-refractivity contribution in [1.29, 1.82) is 0 Å². The van der Waals surface area contributed by atoms with Gasteiger partial charge in [0.2, 0.25) is 0 Å². The molecule has 88 valence electrons. The van der Waals surface area contributed by atoms with E-state index in [-0.39, 0.29) is 0 Å². The number of carboxylic acids is 1. The van der Waals surface area contributed by atoms with Crippen molar-refractivity contribution < 1.29 is 19.7 Å². The van der Waals surface area contributed by atoms with Crippen molar-refractivity contribution in [3.05, 3.63) is 29.8 Å². The average molecular weight is 224 g/mol. The van der Waals surface area contributed by atoms with Crippen molar-refractivity contribution in [2.24, 2.45) is 0 Å². The molecule has 0 aliphatic heterocycles. The summed E-state index contributed by atoms with van der Waals surface area (Å²) in [5.41, 5.74) is 0.774. The summed E-state index contributed by atoms with van der Waals surface area (Å²) in [6, 6.07) is 6.75. The van der Waals surface area contributed by atoms with Gasteiger partial charge in [-0.3, -0.25) is 0 Å². The van der Waals surface area contributed by atoms with Crippen LogP contribution in [-0.2, 0) is 4.79 Å². The van der Waals surface area contributed by atoms with Gasteiger partial charge in [0.1, 0.15) is 5.75 Å². The van der Waals surface area contributed by atoms with Crippen molar-refractivity contribution in [3.8, 4) is 5.75 Å². The monoisotopic (exact) mass is 224 g/mol. The molecule has 4 nitrogen and oxygen atoms in total. The molecule has 16 heavy (non-hydrogen) atoms. The first-order valence-corrected chi connectivity index (χ1v) is 5.22. The third-order valence-electron chi connectivity index (χ3n) is 2.29. The minimum absolute atomic E-state index is 0.410. The Bertz CT molecular complexity index is 343. The number of rotatable bonds is 5. The molecule has 0 saturated heterocycles. The highest BCUT2D eigenvalue weighted by Crippen LogP contribution is 2.18. The number of aliphatic hydroxyl groups is 1. The molecule has 0 aliphatic carbocycles. The van der Waals surface area contributed by atoms with Crippen LogP contribution >= 0.6 is 0 Å². The number of hydrogen-bond donors (Lipinski definition) is 2. The number of benzene rings is 1. The third-order valence-corrected chi connectivity index (χ3v) is 2.29. The lowest BCUT2D eigenvalue weighted by molar-refractivity contribution is -0.145. The van der Waals surface area contributed by atoms with Gasteiger partial charge in [-0.2, -0.15) is 0 Å². The minimum atomic E-state index is -0.970. The molecule has 2 atom stereocenters. The van der Waals surface area contributed by atoms with E-state index in [0.717, 1.165) is 5.56 Å². The van der Waals surface area contributed by atoms with E-state index in [1.54, 1.807) is 38.1 Å². The minimum Gasteiger partial charge on any atom is -0.479 e. The zero-order chi connectivity index (χ0) is 12.1. The van der Waals surface area contributed by atoms with Crippen LogP contribution < -0.4 is 4.74 Å². The van der Waals surface area contributed by atoms with E-state index in [2.05, 4.69) is 0 Å². The smallest absolute Gasteiger partial charge is 0.344 e. The molecule has 0 fully saturated rings. The van der Waals surface area contributed by atoms with Crippen LogP contribution in [0.15, 0.2) is 24.3 Å². The molecule has 1 aromatic rings. The molecule has 0 spiro atoms. The Kier molecular flexibility index (Phi) is 4.31. The summed E-state index contributed by atoms with van der Waals surface area (Å²) < 4.78 is 5.28. The van der Waals surface area contributed by atoms with Gasteiger partial charge >= 0.3 is 5.97 Å². The number of carbonyl (C=O) groups is 1. The Morgan fingerprint density at radius 2 is 1.94 bits per heavy atom. The van der Waals surface area contributed by atoms with Crippen LogP contribution in [0.3, 0.4) is 0 Å². The van der Waals surface area contributed by atoms with Crippen LogP contribution in [0.25, 0.3) is 0 Å². The summed E-state index contributed by atoms with van der Waals surface area (Å²) in [5, 5.41) is 18.1. The van der Waals surface area contributed by atoms with Crippen molar-refractivity contribution in [2.45, 2.75) is 32.5 Å². The van der Waals surface area contributed by atoms with Crippen molar-refractivity contribution in [2.75, 3.05) is 0 Å². The Balaban J connectivity index is 2.71. The first-order chi connectivity index (χ1) is 7.54. The van der Waals surface area contributed by atoms with E-state index in [0.29, 0.717) is 12.2 Å². The van der Waals surface area contributed by atoms with Gasteiger partial charge in [0.05, 0.1) is 6.10 Å². The fourth-order valence-electron chi connectivity index (χ4n) is 1.30. The van der Waals surface area contributed by atoms with E-state index >= 15 is 0 Å². The lowest BCUT2D eigenvalue weighted by Gasteiger charge is -2.13. The summed E-state index contributed by atoms with van der Waals surface area (Å²) in [6.45, 7) is 3.42. The molecule has 0 amide bonds. The van der Waals surface area contributed by atoms with Crippen LogP contribution in [0.2, 0.25) is 0 Å². The number of carboxylic acid groups (broad SMARTS) is 1. The largest absolute Gasteiger partial charge is 0.479 e. The predicted octanol–water partition coefficient (Wildman–Crippen LogP) is 1.98. The molecule has 1 rings (SSSR count). The Morgan fingerprint density at radius 3 is 2.31 bits per heavy atom. The zero-order valence-electron chi connectivity index (χ0n) is 9.38. The summed E-state index contributed by atoms with van der Waals surface area (Å²) in [5.74, 6) is -0.472. The van der Waals surface area contributed by atoms with Crippen molar-refractivity contribution >= 4 is 5.97 Å². The molecule has 0 bridgehead atoms. The first kappa shape index (κ1) is 12.5. The summed E-state index contributed by atoms with van der Waals surface area (Å²) in [4.78, 5) is 10.7. The summed E-state index contributed by atoms with van der Waals surface area (Å²) in [6.07, 6.45) is -0.944. The molecule has 0 saturated carbocycles.